The number of carbonyl (C=O) groups excluding carboxylic acids is 1. The maximum atomic E-state index is 13.0. The van der Waals surface area contributed by atoms with Crippen LogP contribution in [0.4, 0.5) is 0 Å². The summed E-state index contributed by atoms with van der Waals surface area (Å²) in [5, 5.41) is 54.4. The molecule has 6 N–H and O–H groups in total. The van der Waals surface area contributed by atoms with E-state index in [4.69, 9.17) is 9.47 Å². The number of rotatable bonds is 47. The maximum absolute atomic E-state index is 13.0. The fourth-order valence-corrected chi connectivity index (χ4v) is 8.78. The first-order chi connectivity index (χ1) is 31.8. The molecule has 0 aromatic rings. The zero-order chi connectivity index (χ0) is 47.3. The fourth-order valence-electron chi connectivity index (χ4n) is 8.78. The summed E-state index contributed by atoms with van der Waals surface area (Å²) in [6.45, 7) is 3.78. The Balaban J connectivity index is 2.20. The molecule has 9 heteroatoms. The number of aliphatic hydroxyl groups is 5. The number of hydrogen-bond donors (Lipinski definition) is 6. The van der Waals surface area contributed by atoms with Gasteiger partial charge in [-0.2, -0.15) is 0 Å². The normalized spacial score (nSPS) is 20.1. The second-order valence-electron chi connectivity index (χ2n) is 19.4. The van der Waals surface area contributed by atoms with Crippen LogP contribution in [0, 0.1) is 0 Å². The molecule has 65 heavy (non-hydrogen) atoms. The topological polar surface area (TPSA) is 149 Å². The zero-order valence-corrected chi connectivity index (χ0v) is 42.3. The molecule has 1 rings (SSSR count). The summed E-state index contributed by atoms with van der Waals surface area (Å²) in [5.74, 6) is -0.175. The van der Waals surface area contributed by atoms with E-state index in [1.807, 2.05) is 6.08 Å². The van der Waals surface area contributed by atoms with Crippen LogP contribution in [0.15, 0.2) is 36.5 Å². The highest BCUT2D eigenvalue weighted by atomic mass is 16.7. The van der Waals surface area contributed by atoms with Crippen LogP contribution in [-0.2, 0) is 14.3 Å². The van der Waals surface area contributed by atoms with Gasteiger partial charge in [-0.05, 0) is 51.4 Å². The molecule has 1 aliphatic heterocycles. The van der Waals surface area contributed by atoms with Crippen LogP contribution in [0.3, 0.4) is 0 Å². The Morgan fingerprint density at radius 1 is 0.523 bits per heavy atom. The van der Waals surface area contributed by atoms with Crippen molar-refractivity contribution in [2.75, 3.05) is 13.2 Å². The van der Waals surface area contributed by atoms with Crippen LogP contribution in [0.2, 0.25) is 0 Å². The first-order valence-corrected chi connectivity index (χ1v) is 27.7. The summed E-state index contributed by atoms with van der Waals surface area (Å²) >= 11 is 0. The van der Waals surface area contributed by atoms with Gasteiger partial charge in [0.15, 0.2) is 6.29 Å². The average Bonchev–Trinajstić information content (AvgIpc) is 3.31. The van der Waals surface area contributed by atoms with Gasteiger partial charge < -0.3 is 40.3 Å². The number of nitrogens with one attached hydrogen (secondary N) is 1. The molecule has 1 saturated heterocycles. The van der Waals surface area contributed by atoms with Crippen molar-refractivity contribution in [3.8, 4) is 0 Å². The predicted octanol–water partition coefficient (Wildman–Crippen LogP) is 13.2. The minimum atomic E-state index is -1.57. The van der Waals surface area contributed by atoms with Gasteiger partial charge in [-0.15, -0.1) is 0 Å². The Kier molecular flexibility index (Phi) is 43.6. The summed E-state index contributed by atoms with van der Waals surface area (Å²) < 4.78 is 11.3. The molecule has 0 spiro atoms. The fraction of sp³-hybridized carbons (Fsp3) is 0.875. The van der Waals surface area contributed by atoms with E-state index < -0.39 is 49.5 Å². The lowest BCUT2D eigenvalue weighted by Gasteiger charge is -2.40. The number of amides is 1. The highest BCUT2D eigenvalue weighted by molar-refractivity contribution is 5.76. The smallest absolute Gasteiger partial charge is 0.220 e. The SMILES string of the molecule is CCCCCCC/C=C\C/C=C\CCCCCCCCCCCCCCCCCC(=O)NC(COC1OC(CO)C(O)C(O)C1O)C(O)/C=C/CCCCCCCCCCCCCCC. The lowest BCUT2D eigenvalue weighted by Crippen LogP contribution is -2.60. The molecule has 1 amide bonds. The van der Waals surface area contributed by atoms with Gasteiger partial charge in [0, 0.05) is 6.42 Å². The number of hydrogen-bond acceptors (Lipinski definition) is 8. The van der Waals surface area contributed by atoms with Crippen LogP contribution in [0.1, 0.15) is 258 Å². The van der Waals surface area contributed by atoms with Gasteiger partial charge in [0.2, 0.25) is 5.91 Å². The van der Waals surface area contributed by atoms with E-state index >= 15 is 0 Å². The van der Waals surface area contributed by atoms with Crippen molar-refractivity contribution in [3.63, 3.8) is 0 Å². The Hall–Kier alpha value is -1.59. The van der Waals surface area contributed by atoms with Crippen LogP contribution < -0.4 is 5.32 Å². The van der Waals surface area contributed by atoms with E-state index in [-0.39, 0.29) is 12.5 Å². The van der Waals surface area contributed by atoms with Crippen molar-refractivity contribution in [1.82, 2.24) is 5.32 Å². The molecule has 0 radical (unpaired) electrons. The summed E-state index contributed by atoms with van der Waals surface area (Å²) in [6.07, 6.45) is 52.0. The number of ether oxygens (including phenoxy) is 2. The summed E-state index contributed by atoms with van der Waals surface area (Å²) in [4.78, 5) is 13.0. The number of allylic oxidation sites excluding steroid dienone is 5. The summed E-state index contributed by atoms with van der Waals surface area (Å²) in [5.41, 5.74) is 0. The minimum Gasteiger partial charge on any atom is -0.394 e. The Labute approximate surface area is 400 Å². The molecule has 1 aliphatic rings. The largest absolute Gasteiger partial charge is 0.394 e. The van der Waals surface area contributed by atoms with E-state index in [1.54, 1.807) is 6.08 Å². The first kappa shape index (κ1) is 61.4. The molecule has 7 atom stereocenters. The third kappa shape index (κ3) is 36.1. The van der Waals surface area contributed by atoms with Crippen LogP contribution >= 0.6 is 0 Å². The average molecular weight is 920 g/mol. The second-order valence-corrected chi connectivity index (χ2v) is 19.4. The van der Waals surface area contributed by atoms with E-state index in [9.17, 15) is 30.3 Å². The van der Waals surface area contributed by atoms with Crippen LogP contribution in [-0.4, -0.2) is 87.5 Å². The van der Waals surface area contributed by atoms with Gasteiger partial charge in [-0.1, -0.05) is 237 Å². The Morgan fingerprint density at radius 3 is 1.32 bits per heavy atom. The first-order valence-electron chi connectivity index (χ1n) is 27.7. The molecule has 0 bridgehead atoms. The molecule has 382 valence electrons. The van der Waals surface area contributed by atoms with Gasteiger partial charge in [-0.25, -0.2) is 0 Å². The van der Waals surface area contributed by atoms with E-state index in [2.05, 4.69) is 43.5 Å². The molecule has 9 nitrogen and oxygen atoms in total. The number of carbonyl (C=O) groups is 1. The van der Waals surface area contributed by atoms with Crippen molar-refractivity contribution in [2.45, 2.75) is 301 Å². The lowest BCUT2D eigenvalue weighted by atomic mass is 9.99. The van der Waals surface area contributed by atoms with Gasteiger partial charge in [-0.3, -0.25) is 4.79 Å². The van der Waals surface area contributed by atoms with E-state index in [0.29, 0.717) is 6.42 Å². The van der Waals surface area contributed by atoms with Gasteiger partial charge in [0.1, 0.15) is 24.4 Å². The highest BCUT2D eigenvalue weighted by Crippen LogP contribution is 2.23. The van der Waals surface area contributed by atoms with E-state index in [1.165, 1.54) is 193 Å². The third-order valence-corrected chi connectivity index (χ3v) is 13.2. The monoisotopic (exact) mass is 920 g/mol. The molecule has 0 aliphatic carbocycles. The van der Waals surface area contributed by atoms with Crippen molar-refractivity contribution in [3.05, 3.63) is 36.5 Å². The lowest BCUT2D eigenvalue weighted by molar-refractivity contribution is -0.302. The van der Waals surface area contributed by atoms with Crippen molar-refractivity contribution in [2.24, 2.45) is 0 Å². The van der Waals surface area contributed by atoms with Crippen LogP contribution in [0.25, 0.3) is 0 Å². The van der Waals surface area contributed by atoms with Crippen molar-refractivity contribution < 1.29 is 39.8 Å². The van der Waals surface area contributed by atoms with Gasteiger partial charge in [0.05, 0.1) is 25.4 Å². The molecule has 0 aromatic carbocycles. The summed E-state index contributed by atoms with van der Waals surface area (Å²) in [7, 11) is 0. The molecule has 0 aromatic heterocycles. The molecular weight excluding hydrogens is 815 g/mol. The van der Waals surface area contributed by atoms with Crippen molar-refractivity contribution >= 4 is 5.91 Å². The standard InChI is InChI=1S/C56H105NO8/c1-3-5-7-9-11-13-15-17-19-20-21-22-23-24-25-26-27-28-29-30-32-34-36-38-40-42-44-46-52(60)57-49(48-64-56-55(63)54(62)53(61)51(47-58)65-56)50(59)45-43-41-39-37-35-33-31-18-16-14-12-10-8-6-4-2/h15,17,20-21,43,45,49-51,53-56,58-59,61-63H,3-14,16,18-19,22-42,44,46-48H2,1-2H3,(H,57,60)/b17-15-,21-20-,45-43+. The Morgan fingerprint density at radius 2 is 0.908 bits per heavy atom. The minimum absolute atomic E-state index is 0.175. The van der Waals surface area contributed by atoms with Crippen molar-refractivity contribution in [1.29, 1.82) is 0 Å². The molecule has 0 saturated carbocycles. The van der Waals surface area contributed by atoms with Gasteiger partial charge >= 0.3 is 0 Å². The Bertz CT molecular complexity index is 1110. The number of aliphatic hydroxyl groups excluding tert-OH is 5. The molecule has 7 unspecified atom stereocenters. The second kappa shape index (κ2) is 46.2. The van der Waals surface area contributed by atoms with E-state index in [0.717, 1.165) is 44.9 Å². The quantitative estimate of drug-likeness (QED) is 0.0261. The zero-order valence-electron chi connectivity index (χ0n) is 42.3. The third-order valence-electron chi connectivity index (χ3n) is 13.2. The van der Waals surface area contributed by atoms with Gasteiger partial charge in [0.25, 0.3) is 0 Å². The molecule has 1 heterocycles. The molecule has 1 fully saturated rings. The molecular formula is C56H105NO8. The van der Waals surface area contributed by atoms with Crippen LogP contribution in [0.5, 0.6) is 0 Å². The highest BCUT2D eigenvalue weighted by Gasteiger charge is 2.44. The predicted molar refractivity (Wildman–Crippen MR) is 272 cm³/mol. The maximum Gasteiger partial charge on any atom is 0.220 e. The number of unbranched alkanes of at least 4 members (excludes halogenated alkanes) is 33. The summed E-state index contributed by atoms with van der Waals surface area (Å²) in [6, 6.07) is -0.803.